The van der Waals surface area contributed by atoms with Gasteiger partial charge in [0.1, 0.15) is 28.2 Å². The molecule has 0 spiro atoms. The molecule has 0 radical (unpaired) electrons. The third-order valence-corrected chi connectivity index (χ3v) is 8.74. The molecular formula is C28H25F5N6O2S. The maximum absolute atomic E-state index is 16.6. The second-order valence-electron chi connectivity index (χ2n) is 9.89. The number of thiophene rings is 1. The Morgan fingerprint density at radius 1 is 1.31 bits per heavy atom. The van der Waals surface area contributed by atoms with Gasteiger partial charge in [0.2, 0.25) is 5.91 Å². The fraction of sp³-hybridized carbons (Fsp3) is 0.357. The molecule has 220 valence electrons. The van der Waals surface area contributed by atoms with Gasteiger partial charge in [0.25, 0.3) is 0 Å². The second kappa shape index (κ2) is 10.5. The quantitative estimate of drug-likeness (QED) is 0.274. The number of likely N-dealkylation sites (tertiary alicyclic amines) is 1. The zero-order chi connectivity index (χ0) is 30.7. The summed E-state index contributed by atoms with van der Waals surface area (Å²) in [5, 5.41) is 9.13. The van der Waals surface area contributed by atoms with Crippen LogP contribution in [0.3, 0.4) is 0 Å². The van der Waals surface area contributed by atoms with Crippen LogP contribution < -0.4 is 15.4 Å². The van der Waals surface area contributed by atoms with Crippen LogP contribution in [0.15, 0.2) is 18.2 Å². The fourth-order valence-electron chi connectivity index (χ4n) is 5.82. The number of methoxy groups -OCH3 is 1. The molecule has 0 saturated carbocycles. The summed E-state index contributed by atoms with van der Waals surface area (Å²) in [6, 6.07) is 3.56. The molecular weight excluding hydrogens is 579 g/mol. The lowest BCUT2D eigenvalue weighted by Gasteiger charge is -2.34. The molecule has 0 bridgehead atoms. The number of likely N-dealkylation sites (N-methyl/N-ethyl adjacent to an activating group) is 1. The first-order valence-corrected chi connectivity index (χ1v) is 13.8. The molecule has 3 heterocycles. The largest absolute Gasteiger partial charge is 0.467 e. The molecule has 1 amide bonds. The molecule has 1 aliphatic rings. The Hall–Kier alpha value is -4.25. The molecule has 2 aromatic carbocycles. The molecule has 1 fully saturated rings. The van der Waals surface area contributed by atoms with E-state index in [1.54, 1.807) is 22.8 Å². The number of alkyl halides is 3. The van der Waals surface area contributed by atoms with Crippen molar-refractivity contribution in [2.75, 3.05) is 30.8 Å². The average molecular weight is 605 g/mol. The summed E-state index contributed by atoms with van der Waals surface area (Å²) >= 11 is 0.690. The molecule has 1 aliphatic heterocycles. The number of ether oxygens (including phenoxy) is 1. The molecule has 1 saturated heterocycles. The van der Waals surface area contributed by atoms with Crippen LogP contribution >= 0.6 is 11.3 Å². The van der Waals surface area contributed by atoms with Crippen LogP contribution in [-0.4, -0.2) is 53.1 Å². The van der Waals surface area contributed by atoms with Crippen molar-refractivity contribution in [3.63, 3.8) is 0 Å². The number of amides is 1. The predicted octanol–water partition coefficient (Wildman–Crippen LogP) is 6.11. The minimum atomic E-state index is -5.07. The predicted molar refractivity (Wildman–Crippen MR) is 149 cm³/mol. The number of halogens is 5. The maximum atomic E-state index is 16.6. The normalized spacial score (nSPS) is 17.2. The van der Waals surface area contributed by atoms with Gasteiger partial charge in [0.15, 0.2) is 5.82 Å². The van der Waals surface area contributed by atoms with E-state index in [9.17, 15) is 27.6 Å². The van der Waals surface area contributed by atoms with Gasteiger partial charge in [0.05, 0.1) is 29.0 Å². The first-order valence-electron chi connectivity index (χ1n) is 12.9. The molecule has 0 aliphatic carbocycles. The lowest BCUT2D eigenvalue weighted by atomic mass is 9.92. The highest BCUT2D eigenvalue weighted by molar-refractivity contribution is 7.23. The van der Waals surface area contributed by atoms with E-state index in [2.05, 4.69) is 9.97 Å². The number of fused-ring (bicyclic) bond motifs is 2. The van der Waals surface area contributed by atoms with Crippen molar-refractivity contribution < 1.29 is 31.5 Å². The van der Waals surface area contributed by atoms with Gasteiger partial charge in [-0.25, -0.2) is 8.78 Å². The van der Waals surface area contributed by atoms with Crippen molar-refractivity contribution in [2.45, 2.75) is 45.5 Å². The van der Waals surface area contributed by atoms with E-state index in [0.29, 0.717) is 24.3 Å². The Morgan fingerprint density at radius 3 is 2.60 bits per heavy atom. The van der Waals surface area contributed by atoms with E-state index >= 15 is 4.39 Å². The van der Waals surface area contributed by atoms with Gasteiger partial charge >= 0.3 is 12.2 Å². The van der Waals surface area contributed by atoms with Crippen molar-refractivity contribution in [1.29, 1.82) is 5.26 Å². The third kappa shape index (κ3) is 4.52. The average Bonchev–Trinajstić information content (AvgIpc) is 3.49. The Kier molecular flexibility index (Phi) is 7.34. The second-order valence-corrected chi connectivity index (χ2v) is 10.9. The summed E-state index contributed by atoms with van der Waals surface area (Å²) in [6.45, 7) is 5.77. The highest BCUT2D eigenvalue weighted by Gasteiger charge is 2.40. The Bertz CT molecular complexity index is 1780. The van der Waals surface area contributed by atoms with Crippen LogP contribution in [0.2, 0.25) is 0 Å². The van der Waals surface area contributed by atoms with Crippen LogP contribution in [0, 0.1) is 23.0 Å². The van der Waals surface area contributed by atoms with Gasteiger partial charge in [-0.2, -0.15) is 28.4 Å². The topological polar surface area (TPSA) is 108 Å². The molecule has 2 atom stereocenters. The number of nitriles is 1. The zero-order valence-electron chi connectivity index (χ0n) is 22.9. The van der Waals surface area contributed by atoms with Crippen LogP contribution in [0.4, 0.5) is 32.8 Å². The summed E-state index contributed by atoms with van der Waals surface area (Å²) < 4.78 is 80.5. The van der Waals surface area contributed by atoms with Crippen molar-refractivity contribution in [2.24, 2.45) is 0 Å². The molecule has 2 aromatic heterocycles. The van der Waals surface area contributed by atoms with E-state index in [-0.39, 0.29) is 68.0 Å². The molecule has 2 unspecified atom stereocenters. The Balaban J connectivity index is 1.86. The zero-order valence-corrected chi connectivity index (χ0v) is 23.8. The minimum absolute atomic E-state index is 0.0132. The third-order valence-electron chi connectivity index (χ3n) is 7.71. The SMILES string of the molecule is CCN(c1nc(OC)nc2c(F)c(-c3ccc(F)c4sc(N)c(C#N)c34)c(C(F)(F)F)cc12)C1CCN(C(C)=O)C1C. The van der Waals surface area contributed by atoms with Gasteiger partial charge in [-0.3, -0.25) is 4.79 Å². The smallest absolute Gasteiger partial charge is 0.417 e. The van der Waals surface area contributed by atoms with Crippen LogP contribution in [0.1, 0.15) is 38.3 Å². The van der Waals surface area contributed by atoms with E-state index in [1.165, 1.54) is 14.0 Å². The van der Waals surface area contributed by atoms with Gasteiger partial charge in [-0.1, -0.05) is 6.07 Å². The number of rotatable bonds is 5. The van der Waals surface area contributed by atoms with E-state index in [1.807, 2.05) is 6.92 Å². The van der Waals surface area contributed by atoms with Gasteiger partial charge in [-0.15, -0.1) is 11.3 Å². The van der Waals surface area contributed by atoms with Crippen LogP contribution in [-0.2, 0) is 11.0 Å². The number of aromatic nitrogens is 2. The van der Waals surface area contributed by atoms with Gasteiger partial charge < -0.3 is 20.3 Å². The number of carbonyl (C=O) groups excluding carboxylic acids is 1. The highest BCUT2D eigenvalue weighted by atomic mass is 32.1. The molecule has 4 aromatic rings. The summed E-state index contributed by atoms with van der Waals surface area (Å²) in [5.74, 6) is -2.28. The highest BCUT2D eigenvalue weighted by Crippen LogP contribution is 2.48. The van der Waals surface area contributed by atoms with E-state index < -0.39 is 34.5 Å². The Labute approximate surface area is 241 Å². The number of anilines is 2. The first-order chi connectivity index (χ1) is 19.8. The molecule has 8 nitrogen and oxygen atoms in total. The van der Waals surface area contributed by atoms with Crippen LogP contribution in [0.5, 0.6) is 6.01 Å². The van der Waals surface area contributed by atoms with E-state index in [0.717, 1.165) is 18.2 Å². The number of nitrogens with zero attached hydrogens (tertiary/aromatic N) is 5. The van der Waals surface area contributed by atoms with Crippen molar-refractivity contribution in [3.05, 3.63) is 41.0 Å². The molecule has 42 heavy (non-hydrogen) atoms. The summed E-state index contributed by atoms with van der Waals surface area (Å²) in [4.78, 5) is 23.9. The maximum Gasteiger partial charge on any atom is 0.417 e. The standard InChI is InChI=1S/C28H25F5N6O2S/c1-5-38(19-8-9-39(12(19)2)13(3)40)26-15-10-17(28(31,32)33)21(22(30)23(15)36-27(37-26)41-4)14-6-7-18(29)24-20(14)16(11-34)25(35)42-24/h6-7,10,12,19H,5,8-9,35H2,1-4H3. The number of nitrogens with two attached hydrogens (primary N) is 1. The first kappa shape index (κ1) is 29.2. The molecule has 14 heteroatoms. The fourth-order valence-corrected chi connectivity index (χ4v) is 6.77. The number of hydrogen-bond acceptors (Lipinski definition) is 8. The van der Waals surface area contributed by atoms with E-state index in [4.69, 9.17) is 10.5 Å². The minimum Gasteiger partial charge on any atom is -0.467 e. The number of carbonyl (C=O) groups is 1. The monoisotopic (exact) mass is 604 g/mol. The summed E-state index contributed by atoms with van der Waals surface area (Å²) in [6.07, 6.45) is -4.56. The van der Waals surface area contributed by atoms with Crippen molar-refractivity contribution in [3.8, 4) is 23.2 Å². The number of benzene rings is 2. The number of nitrogen functional groups attached to an aromatic ring is 1. The molecule has 2 N–H and O–H groups in total. The summed E-state index contributed by atoms with van der Waals surface area (Å²) in [5.41, 5.74) is 2.57. The van der Waals surface area contributed by atoms with Crippen molar-refractivity contribution >= 4 is 49.1 Å². The van der Waals surface area contributed by atoms with Gasteiger partial charge in [0, 0.05) is 42.4 Å². The van der Waals surface area contributed by atoms with Crippen molar-refractivity contribution in [1.82, 2.24) is 14.9 Å². The number of hydrogen-bond donors (Lipinski definition) is 1. The van der Waals surface area contributed by atoms with Gasteiger partial charge in [-0.05, 0) is 38.0 Å². The lowest BCUT2D eigenvalue weighted by Crippen LogP contribution is -2.45. The lowest BCUT2D eigenvalue weighted by molar-refractivity contribution is -0.137. The van der Waals surface area contributed by atoms with Crippen LogP contribution in [0.25, 0.3) is 32.1 Å². The molecule has 5 rings (SSSR count). The summed E-state index contributed by atoms with van der Waals surface area (Å²) in [7, 11) is 1.25. The Morgan fingerprint density at radius 2 is 2.02 bits per heavy atom.